The van der Waals surface area contributed by atoms with E-state index in [1.165, 1.54) is 0 Å². The molecular formula is C19H26ClNO3. The molecule has 0 aliphatic heterocycles. The Bertz CT molecular complexity index is 575. The van der Waals surface area contributed by atoms with Gasteiger partial charge in [-0.15, -0.1) is 0 Å². The van der Waals surface area contributed by atoms with Gasteiger partial charge in [0.15, 0.2) is 0 Å². The molecule has 1 atom stereocenters. The van der Waals surface area contributed by atoms with Crippen molar-refractivity contribution in [3.8, 4) is 0 Å². The van der Waals surface area contributed by atoms with E-state index < -0.39 is 5.41 Å². The van der Waals surface area contributed by atoms with Crippen molar-refractivity contribution in [2.45, 2.75) is 50.9 Å². The molecule has 1 N–H and O–H groups in total. The maximum absolute atomic E-state index is 12.8. The number of benzene rings is 1. The number of carbonyl (C=O) groups is 2. The Morgan fingerprint density at radius 1 is 1.33 bits per heavy atom. The summed E-state index contributed by atoms with van der Waals surface area (Å²) in [6.07, 6.45) is 4.51. The number of rotatable bonds is 8. The Balaban J connectivity index is 1.99. The Kier molecular flexibility index (Phi) is 7.25. The first-order chi connectivity index (χ1) is 11.6. The largest absolute Gasteiger partial charge is 0.466 e. The molecule has 0 heterocycles. The normalized spacial score (nSPS) is 20.8. The number of nitrogens with one attached hydrogen (secondary N) is 1. The summed E-state index contributed by atoms with van der Waals surface area (Å²) in [4.78, 5) is 24.1. The van der Waals surface area contributed by atoms with Gasteiger partial charge in [0.2, 0.25) is 0 Å². The van der Waals surface area contributed by atoms with Crippen LogP contribution in [0.5, 0.6) is 0 Å². The zero-order chi connectivity index (χ0) is 17.4. The Morgan fingerprint density at radius 3 is 2.83 bits per heavy atom. The van der Waals surface area contributed by atoms with Gasteiger partial charge in [-0.3, -0.25) is 9.59 Å². The molecule has 1 aromatic carbocycles. The molecule has 4 nitrogen and oxygen atoms in total. The summed E-state index contributed by atoms with van der Waals surface area (Å²) >= 11 is 6.39. The zero-order valence-corrected chi connectivity index (χ0v) is 15.0. The number of hydrogen-bond donors (Lipinski definition) is 1. The standard InChI is InChI=1S/C19H26ClNO3/c1-2-24-18(23)11-7-13-21-14-19(12-6-5-10-17(19)22)15-8-3-4-9-16(15)20/h3-4,8-9,21H,2,5-7,10-14H2,1H3. The SMILES string of the molecule is CCOC(=O)CCCNCC1(c2ccccc2Cl)CCCCC1=O. The van der Waals surface area contributed by atoms with Crippen LogP contribution in [-0.2, 0) is 19.7 Å². The van der Waals surface area contributed by atoms with E-state index in [9.17, 15) is 9.59 Å². The Morgan fingerprint density at radius 2 is 2.12 bits per heavy atom. The second-order valence-corrected chi connectivity index (χ2v) is 6.68. The monoisotopic (exact) mass is 351 g/mol. The molecule has 2 rings (SSSR count). The average molecular weight is 352 g/mol. The molecule has 5 heteroatoms. The number of halogens is 1. The summed E-state index contributed by atoms with van der Waals surface area (Å²) in [5.74, 6) is 0.0913. The van der Waals surface area contributed by atoms with E-state index in [1.54, 1.807) is 6.92 Å². The van der Waals surface area contributed by atoms with Crippen molar-refractivity contribution in [2.75, 3.05) is 19.7 Å². The first-order valence-corrected chi connectivity index (χ1v) is 9.12. The van der Waals surface area contributed by atoms with Crippen LogP contribution in [0.4, 0.5) is 0 Å². The lowest BCUT2D eigenvalue weighted by atomic mass is 9.68. The van der Waals surface area contributed by atoms with Crippen LogP contribution in [0.3, 0.4) is 0 Å². The molecule has 1 aliphatic carbocycles. The summed E-state index contributed by atoms with van der Waals surface area (Å²) in [6.45, 7) is 3.46. The van der Waals surface area contributed by atoms with E-state index in [1.807, 2.05) is 24.3 Å². The molecular weight excluding hydrogens is 326 g/mol. The topological polar surface area (TPSA) is 55.4 Å². The number of hydrogen-bond acceptors (Lipinski definition) is 4. The third-order valence-electron chi connectivity index (χ3n) is 4.65. The Hall–Kier alpha value is -1.39. The molecule has 1 fully saturated rings. The van der Waals surface area contributed by atoms with Gasteiger partial charge >= 0.3 is 5.97 Å². The van der Waals surface area contributed by atoms with Crippen molar-refractivity contribution >= 4 is 23.4 Å². The van der Waals surface area contributed by atoms with Crippen LogP contribution in [0, 0.1) is 0 Å². The first-order valence-electron chi connectivity index (χ1n) is 8.75. The van der Waals surface area contributed by atoms with Crippen LogP contribution >= 0.6 is 11.6 Å². The minimum atomic E-state index is -0.541. The smallest absolute Gasteiger partial charge is 0.305 e. The van der Waals surface area contributed by atoms with Gasteiger partial charge in [0, 0.05) is 24.4 Å². The molecule has 0 bridgehead atoms. The van der Waals surface area contributed by atoms with Crippen molar-refractivity contribution in [1.29, 1.82) is 0 Å². The highest BCUT2D eigenvalue weighted by Gasteiger charge is 2.42. The van der Waals surface area contributed by atoms with Crippen LogP contribution in [0.2, 0.25) is 5.02 Å². The van der Waals surface area contributed by atoms with Gasteiger partial charge in [0.25, 0.3) is 0 Å². The number of Topliss-reactive ketones (excluding diaryl/α,β-unsaturated/α-hetero) is 1. The van der Waals surface area contributed by atoms with E-state index in [2.05, 4.69) is 5.32 Å². The summed E-state index contributed by atoms with van der Waals surface area (Å²) in [5, 5.41) is 4.02. The molecule has 0 saturated heterocycles. The van der Waals surface area contributed by atoms with Crippen molar-refractivity contribution in [1.82, 2.24) is 5.32 Å². The molecule has 24 heavy (non-hydrogen) atoms. The van der Waals surface area contributed by atoms with Crippen LogP contribution in [0.25, 0.3) is 0 Å². The lowest BCUT2D eigenvalue weighted by Gasteiger charge is -2.37. The fourth-order valence-electron chi connectivity index (χ4n) is 3.40. The minimum absolute atomic E-state index is 0.172. The zero-order valence-electron chi connectivity index (χ0n) is 14.3. The van der Waals surface area contributed by atoms with E-state index in [-0.39, 0.29) is 11.8 Å². The minimum Gasteiger partial charge on any atom is -0.466 e. The van der Waals surface area contributed by atoms with Gasteiger partial charge in [-0.1, -0.05) is 36.2 Å². The highest BCUT2D eigenvalue weighted by Crippen LogP contribution is 2.39. The molecule has 0 spiro atoms. The third-order valence-corrected chi connectivity index (χ3v) is 4.98. The highest BCUT2D eigenvalue weighted by molar-refractivity contribution is 6.31. The van der Waals surface area contributed by atoms with E-state index >= 15 is 0 Å². The van der Waals surface area contributed by atoms with Gasteiger partial charge in [0.05, 0.1) is 12.0 Å². The number of ether oxygens (including phenoxy) is 1. The predicted molar refractivity (Wildman–Crippen MR) is 95.3 cm³/mol. The van der Waals surface area contributed by atoms with Gasteiger partial charge in [-0.25, -0.2) is 0 Å². The second-order valence-electron chi connectivity index (χ2n) is 6.28. The molecule has 132 valence electrons. The molecule has 1 aromatic rings. The average Bonchev–Trinajstić information content (AvgIpc) is 2.57. The van der Waals surface area contributed by atoms with Crippen molar-refractivity contribution in [3.05, 3.63) is 34.9 Å². The summed E-state index contributed by atoms with van der Waals surface area (Å²) in [6, 6.07) is 7.64. The van der Waals surface area contributed by atoms with Gasteiger partial charge in [0.1, 0.15) is 5.78 Å². The number of carbonyl (C=O) groups excluding carboxylic acids is 2. The van der Waals surface area contributed by atoms with Crippen LogP contribution < -0.4 is 5.32 Å². The van der Waals surface area contributed by atoms with Crippen molar-refractivity contribution in [2.24, 2.45) is 0 Å². The van der Waals surface area contributed by atoms with Gasteiger partial charge < -0.3 is 10.1 Å². The van der Waals surface area contributed by atoms with Crippen LogP contribution in [-0.4, -0.2) is 31.4 Å². The third kappa shape index (κ3) is 4.58. The second kappa shape index (κ2) is 9.19. The summed E-state index contributed by atoms with van der Waals surface area (Å²) in [7, 11) is 0. The van der Waals surface area contributed by atoms with E-state index in [4.69, 9.17) is 16.3 Å². The van der Waals surface area contributed by atoms with Crippen LogP contribution in [0.1, 0.15) is 51.0 Å². The summed E-state index contributed by atoms with van der Waals surface area (Å²) < 4.78 is 4.92. The maximum Gasteiger partial charge on any atom is 0.305 e. The molecule has 1 unspecified atom stereocenters. The lowest BCUT2D eigenvalue weighted by molar-refractivity contribution is -0.143. The molecule has 1 saturated carbocycles. The van der Waals surface area contributed by atoms with Crippen molar-refractivity contribution < 1.29 is 14.3 Å². The van der Waals surface area contributed by atoms with Crippen molar-refractivity contribution in [3.63, 3.8) is 0 Å². The van der Waals surface area contributed by atoms with E-state index in [0.29, 0.717) is 44.0 Å². The fourth-order valence-corrected chi connectivity index (χ4v) is 3.72. The lowest BCUT2D eigenvalue weighted by Crippen LogP contribution is -2.47. The molecule has 0 aromatic heterocycles. The number of esters is 1. The highest BCUT2D eigenvalue weighted by atomic mass is 35.5. The van der Waals surface area contributed by atoms with Crippen LogP contribution in [0.15, 0.2) is 24.3 Å². The first kappa shape index (κ1) is 18.9. The quantitative estimate of drug-likeness (QED) is 0.573. The maximum atomic E-state index is 12.8. The molecule has 0 amide bonds. The summed E-state index contributed by atoms with van der Waals surface area (Å²) in [5.41, 5.74) is 0.384. The Labute approximate surface area is 148 Å². The number of ketones is 1. The van der Waals surface area contributed by atoms with Gasteiger partial charge in [-0.2, -0.15) is 0 Å². The fraction of sp³-hybridized carbons (Fsp3) is 0.579. The molecule has 0 radical (unpaired) electrons. The van der Waals surface area contributed by atoms with E-state index in [0.717, 1.165) is 24.8 Å². The van der Waals surface area contributed by atoms with Gasteiger partial charge in [-0.05, 0) is 44.4 Å². The molecule has 1 aliphatic rings. The predicted octanol–water partition coefficient (Wildman–Crippen LogP) is 3.65.